The van der Waals surface area contributed by atoms with Gasteiger partial charge in [0.15, 0.2) is 12.8 Å². The fourth-order valence-corrected chi connectivity index (χ4v) is 3.83. The average molecular weight is 521 g/mol. The third-order valence-corrected chi connectivity index (χ3v) is 5.61. The van der Waals surface area contributed by atoms with E-state index in [0.717, 1.165) is 49.0 Å². The Bertz CT molecular complexity index is 683. The van der Waals surface area contributed by atoms with Gasteiger partial charge < -0.3 is 24.8 Å². The SMILES string of the molecule is CCNC(=NCC1(CCOC)CCC1)NCCc1cc(F)cc2c1OCOC2.I. The molecular formula is C21H33FIN3O3. The zero-order valence-corrected chi connectivity index (χ0v) is 19.7. The largest absolute Gasteiger partial charge is 0.467 e. The van der Waals surface area contributed by atoms with E-state index in [1.807, 2.05) is 0 Å². The number of nitrogens with zero attached hydrogens (tertiary/aromatic N) is 1. The van der Waals surface area contributed by atoms with Crippen LogP contribution in [0.5, 0.6) is 5.75 Å². The molecular weight excluding hydrogens is 488 g/mol. The molecule has 0 atom stereocenters. The molecule has 0 unspecified atom stereocenters. The maximum atomic E-state index is 13.9. The van der Waals surface area contributed by atoms with Crippen molar-refractivity contribution in [3.8, 4) is 5.75 Å². The van der Waals surface area contributed by atoms with Gasteiger partial charge in [0.2, 0.25) is 0 Å². The Hall–Kier alpha value is -1.13. The lowest BCUT2D eigenvalue weighted by molar-refractivity contribution is -0.0172. The predicted octanol–water partition coefficient (Wildman–Crippen LogP) is 3.61. The summed E-state index contributed by atoms with van der Waals surface area (Å²) < 4.78 is 30.0. The van der Waals surface area contributed by atoms with Crippen LogP contribution in [0.2, 0.25) is 0 Å². The Labute approximate surface area is 190 Å². The van der Waals surface area contributed by atoms with Crippen LogP contribution in [0, 0.1) is 11.2 Å². The van der Waals surface area contributed by atoms with E-state index in [0.29, 0.717) is 19.6 Å². The van der Waals surface area contributed by atoms with Gasteiger partial charge in [0, 0.05) is 38.9 Å². The first-order valence-electron chi connectivity index (χ1n) is 10.2. The monoisotopic (exact) mass is 521 g/mol. The Morgan fingerprint density at radius 2 is 2.14 bits per heavy atom. The van der Waals surface area contributed by atoms with Gasteiger partial charge in [-0.3, -0.25) is 4.99 Å². The molecule has 1 aliphatic carbocycles. The Morgan fingerprint density at radius 1 is 1.31 bits per heavy atom. The van der Waals surface area contributed by atoms with Gasteiger partial charge in [-0.15, -0.1) is 24.0 Å². The summed E-state index contributed by atoms with van der Waals surface area (Å²) in [6.45, 7) is 5.70. The Balaban J connectivity index is 0.00000300. The minimum atomic E-state index is -0.256. The minimum Gasteiger partial charge on any atom is -0.467 e. The maximum absolute atomic E-state index is 13.9. The second kappa shape index (κ2) is 11.9. The van der Waals surface area contributed by atoms with E-state index < -0.39 is 0 Å². The molecule has 0 aromatic heterocycles. The van der Waals surface area contributed by atoms with Crippen LogP contribution in [0.3, 0.4) is 0 Å². The molecule has 164 valence electrons. The summed E-state index contributed by atoms with van der Waals surface area (Å²) >= 11 is 0. The minimum absolute atomic E-state index is 0. The molecule has 1 heterocycles. The number of hydrogen-bond donors (Lipinski definition) is 2. The molecule has 0 radical (unpaired) electrons. The summed E-state index contributed by atoms with van der Waals surface area (Å²) in [7, 11) is 1.75. The lowest BCUT2D eigenvalue weighted by Crippen LogP contribution is -2.41. The van der Waals surface area contributed by atoms with Gasteiger partial charge in [0.05, 0.1) is 6.61 Å². The van der Waals surface area contributed by atoms with Crippen molar-refractivity contribution < 1.29 is 18.6 Å². The maximum Gasteiger partial charge on any atom is 0.191 e. The van der Waals surface area contributed by atoms with Crippen LogP contribution < -0.4 is 15.4 Å². The lowest BCUT2D eigenvalue weighted by atomic mass is 9.67. The number of halogens is 2. The van der Waals surface area contributed by atoms with Crippen LogP contribution in [0.15, 0.2) is 17.1 Å². The zero-order chi connectivity index (χ0) is 19.8. The van der Waals surface area contributed by atoms with Crippen LogP contribution in [0.4, 0.5) is 4.39 Å². The molecule has 1 fully saturated rings. The number of rotatable bonds is 9. The number of fused-ring (bicyclic) bond motifs is 1. The van der Waals surface area contributed by atoms with E-state index in [9.17, 15) is 4.39 Å². The van der Waals surface area contributed by atoms with Gasteiger partial charge >= 0.3 is 0 Å². The molecule has 1 aromatic rings. The topological polar surface area (TPSA) is 64.1 Å². The number of nitrogens with one attached hydrogen (secondary N) is 2. The van der Waals surface area contributed by atoms with E-state index in [1.54, 1.807) is 13.2 Å². The van der Waals surface area contributed by atoms with E-state index in [4.69, 9.17) is 19.2 Å². The first-order chi connectivity index (χ1) is 13.7. The second-order valence-electron chi connectivity index (χ2n) is 7.63. The van der Waals surface area contributed by atoms with Gasteiger partial charge in [-0.1, -0.05) is 6.42 Å². The molecule has 1 saturated carbocycles. The van der Waals surface area contributed by atoms with Crippen molar-refractivity contribution >= 4 is 29.9 Å². The van der Waals surface area contributed by atoms with Gasteiger partial charge in [0.25, 0.3) is 0 Å². The molecule has 8 heteroatoms. The van der Waals surface area contributed by atoms with E-state index in [1.165, 1.54) is 25.3 Å². The van der Waals surface area contributed by atoms with Crippen molar-refractivity contribution in [2.75, 3.05) is 40.1 Å². The fraction of sp³-hybridized carbons (Fsp3) is 0.667. The summed E-state index contributed by atoms with van der Waals surface area (Å²) in [5.41, 5.74) is 1.91. The van der Waals surface area contributed by atoms with Crippen LogP contribution >= 0.6 is 24.0 Å². The first kappa shape index (κ1) is 24.1. The summed E-state index contributed by atoms with van der Waals surface area (Å²) in [6, 6.07) is 3.03. The normalized spacial score (nSPS) is 17.4. The Morgan fingerprint density at radius 3 is 2.83 bits per heavy atom. The number of methoxy groups -OCH3 is 1. The Kier molecular flexibility index (Phi) is 9.91. The smallest absolute Gasteiger partial charge is 0.191 e. The first-order valence-corrected chi connectivity index (χ1v) is 10.2. The van der Waals surface area contributed by atoms with E-state index in [2.05, 4.69) is 17.6 Å². The molecule has 0 spiro atoms. The average Bonchev–Trinajstić information content (AvgIpc) is 2.66. The van der Waals surface area contributed by atoms with Gasteiger partial charge in [-0.25, -0.2) is 4.39 Å². The third-order valence-electron chi connectivity index (χ3n) is 5.61. The highest BCUT2D eigenvalue weighted by Gasteiger charge is 2.36. The van der Waals surface area contributed by atoms with Gasteiger partial charge in [0.1, 0.15) is 11.6 Å². The lowest BCUT2D eigenvalue weighted by Gasteiger charge is -2.40. The number of benzene rings is 1. The molecule has 0 bridgehead atoms. The van der Waals surface area contributed by atoms with E-state index >= 15 is 0 Å². The molecule has 2 aliphatic rings. The quantitative estimate of drug-likeness (QED) is 0.296. The summed E-state index contributed by atoms with van der Waals surface area (Å²) in [5.74, 6) is 1.30. The van der Waals surface area contributed by atoms with Crippen LogP contribution in [0.25, 0.3) is 0 Å². The molecule has 29 heavy (non-hydrogen) atoms. The molecule has 0 amide bonds. The standard InChI is InChI=1S/C21H32FN3O3.HI/c1-3-23-20(25-14-21(6-4-7-21)8-10-26-2)24-9-5-16-11-18(22)12-17-13-27-15-28-19(16)17;/h11-12H,3-10,13-15H2,1-2H3,(H2,23,24,25);1H. The molecule has 1 aromatic carbocycles. The molecule has 3 rings (SSSR count). The number of ether oxygens (including phenoxy) is 3. The second-order valence-corrected chi connectivity index (χ2v) is 7.63. The number of hydrogen-bond acceptors (Lipinski definition) is 4. The number of aliphatic imine (C=N–C) groups is 1. The highest BCUT2D eigenvalue weighted by Crippen LogP contribution is 2.44. The molecule has 1 aliphatic heterocycles. The third kappa shape index (κ3) is 6.68. The van der Waals surface area contributed by atoms with Crippen molar-refractivity contribution in [1.29, 1.82) is 0 Å². The van der Waals surface area contributed by atoms with Crippen molar-refractivity contribution in [2.45, 2.75) is 45.6 Å². The number of guanidine groups is 1. The summed E-state index contributed by atoms with van der Waals surface area (Å²) in [4.78, 5) is 4.81. The van der Waals surface area contributed by atoms with Crippen LogP contribution in [0.1, 0.15) is 43.7 Å². The summed E-state index contributed by atoms with van der Waals surface area (Å²) in [6.07, 6.45) is 5.42. The van der Waals surface area contributed by atoms with Gasteiger partial charge in [-0.05, 0) is 55.7 Å². The molecule has 0 saturated heterocycles. The van der Waals surface area contributed by atoms with Gasteiger partial charge in [-0.2, -0.15) is 0 Å². The van der Waals surface area contributed by atoms with Crippen molar-refractivity contribution in [3.05, 3.63) is 29.1 Å². The highest BCUT2D eigenvalue weighted by molar-refractivity contribution is 14.0. The zero-order valence-electron chi connectivity index (χ0n) is 17.4. The van der Waals surface area contributed by atoms with Crippen LogP contribution in [-0.2, 0) is 22.5 Å². The molecule has 2 N–H and O–H groups in total. The van der Waals surface area contributed by atoms with Crippen molar-refractivity contribution in [1.82, 2.24) is 10.6 Å². The highest BCUT2D eigenvalue weighted by atomic mass is 127. The van der Waals surface area contributed by atoms with E-state index in [-0.39, 0.29) is 42.0 Å². The van der Waals surface area contributed by atoms with Crippen LogP contribution in [-0.4, -0.2) is 46.1 Å². The fourth-order valence-electron chi connectivity index (χ4n) is 3.83. The van der Waals surface area contributed by atoms with Crippen molar-refractivity contribution in [3.63, 3.8) is 0 Å². The summed E-state index contributed by atoms with van der Waals surface area (Å²) in [5, 5.41) is 6.67. The predicted molar refractivity (Wildman–Crippen MR) is 123 cm³/mol. The van der Waals surface area contributed by atoms with Crippen molar-refractivity contribution in [2.24, 2.45) is 10.4 Å². The molecule has 6 nitrogen and oxygen atoms in total.